The molecule has 0 aliphatic rings. The van der Waals surface area contributed by atoms with Gasteiger partial charge in [0.1, 0.15) is 11.5 Å². The maximum Gasteiger partial charge on any atom is 0.269 e. The van der Waals surface area contributed by atoms with Crippen molar-refractivity contribution in [3.8, 4) is 0 Å². The lowest BCUT2D eigenvalue weighted by molar-refractivity contribution is 0.0949. The molecule has 3 rings (SSSR count). The highest BCUT2D eigenvalue weighted by Crippen LogP contribution is 2.08. The second-order valence-electron chi connectivity index (χ2n) is 6.23. The summed E-state index contributed by atoms with van der Waals surface area (Å²) in [5, 5.41) is 6.13. The highest BCUT2D eigenvalue weighted by atomic mass is 19.1. The second-order valence-corrected chi connectivity index (χ2v) is 6.23. The summed E-state index contributed by atoms with van der Waals surface area (Å²) in [4.78, 5) is 16.4. The van der Waals surface area contributed by atoms with Gasteiger partial charge in [-0.15, -0.1) is 0 Å². The highest BCUT2D eigenvalue weighted by molar-refractivity contribution is 5.92. The molecule has 2 aromatic carbocycles. The summed E-state index contributed by atoms with van der Waals surface area (Å²) in [7, 11) is 0. The molecule has 0 saturated carbocycles. The number of anilines is 1. The molecule has 138 valence electrons. The van der Waals surface area contributed by atoms with Gasteiger partial charge in [-0.3, -0.25) is 4.79 Å². The van der Waals surface area contributed by atoms with E-state index in [1.165, 1.54) is 17.7 Å². The number of hydrogen-bond acceptors (Lipinski definition) is 3. The van der Waals surface area contributed by atoms with Crippen LogP contribution in [0.15, 0.2) is 72.9 Å². The van der Waals surface area contributed by atoms with Crippen molar-refractivity contribution < 1.29 is 9.18 Å². The topological polar surface area (TPSA) is 54.0 Å². The number of pyridine rings is 1. The van der Waals surface area contributed by atoms with Crippen LogP contribution in [-0.2, 0) is 12.8 Å². The fraction of sp³-hybridized carbons (Fsp3) is 0.182. The summed E-state index contributed by atoms with van der Waals surface area (Å²) in [6, 6.07) is 20.0. The van der Waals surface area contributed by atoms with Crippen molar-refractivity contribution in [3.63, 3.8) is 0 Å². The van der Waals surface area contributed by atoms with Gasteiger partial charge >= 0.3 is 0 Å². The zero-order chi connectivity index (χ0) is 18.9. The van der Waals surface area contributed by atoms with Crippen LogP contribution in [-0.4, -0.2) is 24.0 Å². The molecule has 0 unspecified atom stereocenters. The molecule has 2 N–H and O–H groups in total. The van der Waals surface area contributed by atoms with Crippen molar-refractivity contribution in [1.82, 2.24) is 10.3 Å². The third-order valence-electron chi connectivity index (χ3n) is 4.19. The van der Waals surface area contributed by atoms with E-state index in [4.69, 9.17) is 0 Å². The Morgan fingerprint density at radius 2 is 1.56 bits per heavy atom. The predicted octanol–water partition coefficient (Wildman–Crippen LogP) is 3.85. The van der Waals surface area contributed by atoms with Crippen molar-refractivity contribution >= 4 is 11.6 Å². The summed E-state index contributed by atoms with van der Waals surface area (Å²) in [5.74, 6) is -0.405. The number of nitrogens with zero attached hydrogens (tertiary/aromatic N) is 1. The van der Waals surface area contributed by atoms with E-state index in [2.05, 4.69) is 15.6 Å². The molecule has 1 heterocycles. The Bertz CT molecular complexity index is 849. The number of halogens is 1. The van der Waals surface area contributed by atoms with Crippen LogP contribution >= 0.6 is 0 Å². The van der Waals surface area contributed by atoms with Gasteiger partial charge in [0.05, 0.1) is 11.9 Å². The van der Waals surface area contributed by atoms with Crippen LogP contribution in [0.25, 0.3) is 0 Å². The number of carbonyl (C=O) groups excluding carboxylic acids is 1. The number of aromatic nitrogens is 1. The fourth-order valence-electron chi connectivity index (χ4n) is 2.69. The number of hydrogen-bond donors (Lipinski definition) is 2. The van der Waals surface area contributed by atoms with Crippen LogP contribution in [0.3, 0.4) is 0 Å². The average molecular weight is 363 g/mol. The normalized spacial score (nSPS) is 10.4. The minimum absolute atomic E-state index is 0.177. The second kappa shape index (κ2) is 9.48. The van der Waals surface area contributed by atoms with E-state index in [9.17, 15) is 9.18 Å². The first-order valence-corrected chi connectivity index (χ1v) is 8.97. The average Bonchev–Trinajstić information content (AvgIpc) is 2.71. The van der Waals surface area contributed by atoms with E-state index in [-0.39, 0.29) is 11.7 Å². The smallest absolute Gasteiger partial charge is 0.269 e. The van der Waals surface area contributed by atoms with Gasteiger partial charge in [-0.05, 0) is 48.2 Å². The molecule has 4 nitrogen and oxygen atoms in total. The van der Waals surface area contributed by atoms with Crippen molar-refractivity contribution in [2.45, 2.75) is 12.8 Å². The summed E-state index contributed by atoms with van der Waals surface area (Å²) < 4.78 is 12.9. The Morgan fingerprint density at radius 3 is 2.26 bits per heavy atom. The Labute approximate surface area is 158 Å². The SMILES string of the molecule is O=C(NCCc1ccccc1)c1ccc(NCCc2ccc(F)cc2)cn1. The quantitative estimate of drug-likeness (QED) is 0.639. The standard InChI is InChI=1S/C22H22FN3O/c23-19-8-6-18(7-9-19)12-14-24-20-10-11-21(26-16-20)22(27)25-15-13-17-4-2-1-3-5-17/h1-11,16,24H,12-15H2,(H,25,27). The molecule has 0 atom stereocenters. The zero-order valence-electron chi connectivity index (χ0n) is 15.0. The maximum absolute atomic E-state index is 12.9. The Hall–Kier alpha value is -3.21. The van der Waals surface area contributed by atoms with E-state index in [1.807, 2.05) is 36.4 Å². The van der Waals surface area contributed by atoms with Crippen LogP contribution in [0.1, 0.15) is 21.6 Å². The maximum atomic E-state index is 12.9. The summed E-state index contributed by atoms with van der Waals surface area (Å²) in [6.07, 6.45) is 3.22. The lowest BCUT2D eigenvalue weighted by Gasteiger charge is -2.08. The van der Waals surface area contributed by atoms with Crippen LogP contribution in [0.2, 0.25) is 0 Å². The third-order valence-corrected chi connectivity index (χ3v) is 4.19. The molecule has 1 aromatic heterocycles. The van der Waals surface area contributed by atoms with E-state index in [0.29, 0.717) is 18.8 Å². The highest BCUT2D eigenvalue weighted by Gasteiger charge is 2.06. The first-order valence-electron chi connectivity index (χ1n) is 8.97. The predicted molar refractivity (Wildman–Crippen MR) is 105 cm³/mol. The molecule has 0 fully saturated rings. The van der Waals surface area contributed by atoms with Crippen molar-refractivity contribution in [2.75, 3.05) is 18.4 Å². The minimum Gasteiger partial charge on any atom is -0.383 e. The molecule has 0 aliphatic heterocycles. The molecular weight excluding hydrogens is 341 g/mol. The molecule has 0 aliphatic carbocycles. The van der Waals surface area contributed by atoms with Crippen LogP contribution in [0.5, 0.6) is 0 Å². The molecule has 5 heteroatoms. The molecular formula is C22H22FN3O. The fourth-order valence-corrected chi connectivity index (χ4v) is 2.69. The van der Waals surface area contributed by atoms with Gasteiger partial charge in [0.2, 0.25) is 0 Å². The summed E-state index contributed by atoms with van der Waals surface area (Å²) in [5.41, 5.74) is 3.49. The van der Waals surface area contributed by atoms with E-state index < -0.39 is 0 Å². The molecule has 3 aromatic rings. The summed E-state index contributed by atoms with van der Waals surface area (Å²) in [6.45, 7) is 1.28. The molecule has 0 radical (unpaired) electrons. The van der Waals surface area contributed by atoms with Crippen LogP contribution in [0.4, 0.5) is 10.1 Å². The van der Waals surface area contributed by atoms with Crippen molar-refractivity contribution in [1.29, 1.82) is 0 Å². The Balaban J connectivity index is 1.42. The van der Waals surface area contributed by atoms with Gasteiger partial charge in [0.15, 0.2) is 0 Å². The van der Waals surface area contributed by atoms with Gasteiger partial charge < -0.3 is 10.6 Å². The van der Waals surface area contributed by atoms with Crippen LogP contribution < -0.4 is 10.6 Å². The van der Waals surface area contributed by atoms with Gasteiger partial charge in [0.25, 0.3) is 5.91 Å². The van der Waals surface area contributed by atoms with E-state index in [1.54, 1.807) is 24.4 Å². The van der Waals surface area contributed by atoms with Crippen molar-refractivity contribution in [2.24, 2.45) is 0 Å². The first kappa shape index (κ1) is 18.6. The molecule has 1 amide bonds. The van der Waals surface area contributed by atoms with Gasteiger partial charge in [-0.2, -0.15) is 0 Å². The largest absolute Gasteiger partial charge is 0.383 e. The van der Waals surface area contributed by atoms with Gasteiger partial charge in [-0.1, -0.05) is 42.5 Å². The number of carbonyl (C=O) groups is 1. The zero-order valence-corrected chi connectivity index (χ0v) is 15.0. The van der Waals surface area contributed by atoms with Gasteiger partial charge in [0, 0.05) is 13.1 Å². The number of rotatable bonds is 8. The van der Waals surface area contributed by atoms with E-state index >= 15 is 0 Å². The lowest BCUT2D eigenvalue weighted by atomic mass is 10.1. The van der Waals surface area contributed by atoms with Gasteiger partial charge in [-0.25, -0.2) is 9.37 Å². The Kier molecular flexibility index (Phi) is 6.52. The number of amides is 1. The molecule has 0 spiro atoms. The first-order chi connectivity index (χ1) is 13.2. The number of benzene rings is 2. The monoisotopic (exact) mass is 363 g/mol. The minimum atomic E-state index is -0.228. The van der Waals surface area contributed by atoms with E-state index in [0.717, 1.165) is 24.1 Å². The third kappa shape index (κ3) is 5.92. The van der Waals surface area contributed by atoms with Crippen LogP contribution in [0, 0.1) is 5.82 Å². The molecule has 0 bridgehead atoms. The number of nitrogens with one attached hydrogen (secondary N) is 2. The van der Waals surface area contributed by atoms with Crippen molar-refractivity contribution in [3.05, 3.63) is 95.6 Å². The summed E-state index contributed by atoms with van der Waals surface area (Å²) >= 11 is 0. The lowest BCUT2D eigenvalue weighted by Crippen LogP contribution is -2.26. The Morgan fingerprint density at radius 1 is 0.852 bits per heavy atom. The molecule has 27 heavy (non-hydrogen) atoms. The molecule has 0 saturated heterocycles.